The Morgan fingerprint density at radius 2 is 2.35 bits per heavy atom. The Morgan fingerprint density at radius 3 is 2.94 bits per heavy atom. The van der Waals surface area contributed by atoms with Gasteiger partial charge in [-0.15, -0.1) is 0 Å². The number of ether oxygens (including phenoxy) is 1. The van der Waals surface area contributed by atoms with Gasteiger partial charge in [-0.05, 0) is 12.1 Å². The number of amides is 1. The van der Waals surface area contributed by atoms with Gasteiger partial charge in [-0.1, -0.05) is 22.0 Å². The first kappa shape index (κ1) is 12.4. The van der Waals surface area contributed by atoms with Crippen molar-refractivity contribution in [2.24, 2.45) is 0 Å². The van der Waals surface area contributed by atoms with Gasteiger partial charge in [0.25, 0.3) is 0 Å². The number of carbonyl (C=O) groups excluding carboxylic acids is 1. The zero-order valence-corrected chi connectivity index (χ0v) is 11.0. The molecule has 1 aromatic carbocycles. The lowest BCUT2D eigenvalue weighted by Crippen LogP contribution is -2.25. The number of rotatable bonds is 3. The molecule has 2 rings (SSSR count). The number of methoxy groups -OCH3 is 1. The molecule has 1 amide bonds. The molecule has 0 aromatic heterocycles. The third-order valence-corrected chi connectivity index (χ3v) is 3.43. The summed E-state index contributed by atoms with van der Waals surface area (Å²) in [5, 5.41) is 0. The number of alkyl halides is 1. The Bertz CT molecular complexity index is 439. The van der Waals surface area contributed by atoms with Gasteiger partial charge in [0.05, 0.1) is 13.7 Å². The second kappa shape index (κ2) is 5.04. The molecule has 1 aromatic rings. The predicted octanol–water partition coefficient (Wildman–Crippen LogP) is 2.33. The van der Waals surface area contributed by atoms with E-state index in [9.17, 15) is 9.18 Å². The summed E-state index contributed by atoms with van der Waals surface area (Å²) >= 11 is 3.40. The fourth-order valence-corrected chi connectivity index (χ4v) is 2.58. The molecule has 0 saturated carbocycles. The Hall–Kier alpha value is -1.10. The molecule has 92 valence electrons. The minimum Gasteiger partial charge on any atom is -0.496 e. The summed E-state index contributed by atoms with van der Waals surface area (Å²) in [5.41, 5.74) is 0.435. The highest BCUT2D eigenvalue weighted by Crippen LogP contribution is 2.26. The standard InChI is InChI=1S/C12H13BrFNO2/c1-17-11-4-2-3-10(14)9(11)7-15-6-8(13)5-12(15)16/h2-4,8H,5-7H2,1H3. The van der Waals surface area contributed by atoms with E-state index >= 15 is 0 Å². The van der Waals surface area contributed by atoms with E-state index in [0.717, 1.165) is 0 Å². The molecule has 1 aliphatic heterocycles. The molecule has 1 unspecified atom stereocenters. The Kier molecular flexibility index (Phi) is 3.66. The second-order valence-corrected chi connectivity index (χ2v) is 5.29. The molecule has 3 nitrogen and oxygen atoms in total. The average molecular weight is 302 g/mol. The highest BCUT2D eigenvalue weighted by molar-refractivity contribution is 9.09. The van der Waals surface area contributed by atoms with Crippen molar-refractivity contribution >= 4 is 21.8 Å². The molecule has 0 N–H and O–H groups in total. The van der Waals surface area contributed by atoms with Crippen LogP contribution >= 0.6 is 15.9 Å². The van der Waals surface area contributed by atoms with Gasteiger partial charge >= 0.3 is 0 Å². The summed E-state index contributed by atoms with van der Waals surface area (Å²) in [6.45, 7) is 0.868. The average Bonchev–Trinajstić information content (AvgIpc) is 2.60. The van der Waals surface area contributed by atoms with Crippen molar-refractivity contribution in [1.29, 1.82) is 0 Å². The summed E-state index contributed by atoms with van der Waals surface area (Å²) < 4.78 is 18.8. The van der Waals surface area contributed by atoms with Crippen LogP contribution in [0, 0.1) is 5.82 Å². The molecule has 1 heterocycles. The molecule has 0 aliphatic carbocycles. The van der Waals surface area contributed by atoms with Crippen molar-refractivity contribution in [1.82, 2.24) is 4.90 Å². The zero-order valence-electron chi connectivity index (χ0n) is 9.45. The van der Waals surface area contributed by atoms with E-state index in [-0.39, 0.29) is 23.1 Å². The number of nitrogens with zero attached hydrogens (tertiary/aromatic N) is 1. The van der Waals surface area contributed by atoms with E-state index in [2.05, 4.69) is 15.9 Å². The molecular weight excluding hydrogens is 289 g/mol. The molecular formula is C12H13BrFNO2. The summed E-state index contributed by atoms with van der Waals surface area (Å²) in [6, 6.07) is 4.67. The highest BCUT2D eigenvalue weighted by atomic mass is 79.9. The monoisotopic (exact) mass is 301 g/mol. The third-order valence-electron chi connectivity index (χ3n) is 2.81. The van der Waals surface area contributed by atoms with Crippen LogP contribution in [0.4, 0.5) is 4.39 Å². The van der Waals surface area contributed by atoms with Crippen LogP contribution in [0.5, 0.6) is 5.75 Å². The number of carbonyl (C=O) groups is 1. The molecule has 0 spiro atoms. The van der Waals surface area contributed by atoms with Crippen LogP contribution in [0.1, 0.15) is 12.0 Å². The fraction of sp³-hybridized carbons (Fsp3) is 0.417. The van der Waals surface area contributed by atoms with Gasteiger partial charge in [0, 0.05) is 23.4 Å². The lowest BCUT2D eigenvalue weighted by molar-refractivity contribution is -0.128. The van der Waals surface area contributed by atoms with Gasteiger partial charge in [-0.2, -0.15) is 0 Å². The van der Waals surface area contributed by atoms with Crippen LogP contribution in [-0.2, 0) is 11.3 Å². The van der Waals surface area contributed by atoms with Crippen LogP contribution < -0.4 is 4.74 Å². The van der Waals surface area contributed by atoms with Gasteiger partial charge in [-0.25, -0.2) is 4.39 Å². The van der Waals surface area contributed by atoms with Crippen LogP contribution in [0.2, 0.25) is 0 Å². The van der Waals surface area contributed by atoms with E-state index in [1.54, 1.807) is 17.0 Å². The van der Waals surface area contributed by atoms with Crippen LogP contribution in [0.15, 0.2) is 18.2 Å². The Morgan fingerprint density at radius 1 is 1.59 bits per heavy atom. The molecule has 1 aliphatic rings. The van der Waals surface area contributed by atoms with E-state index in [0.29, 0.717) is 24.3 Å². The van der Waals surface area contributed by atoms with E-state index < -0.39 is 0 Å². The largest absolute Gasteiger partial charge is 0.496 e. The lowest BCUT2D eigenvalue weighted by atomic mass is 10.1. The maximum Gasteiger partial charge on any atom is 0.224 e. The topological polar surface area (TPSA) is 29.5 Å². The smallest absolute Gasteiger partial charge is 0.224 e. The first-order valence-corrected chi connectivity index (χ1v) is 6.26. The summed E-state index contributed by atoms with van der Waals surface area (Å²) in [6.07, 6.45) is 0.469. The normalized spacial score (nSPS) is 19.8. The second-order valence-electron chi connectivity index (χ2n) is 4.00. The van der Waals surface area contributed by atoms with Crippen molar-refractivity contribution < 1.29 is 13.9 Å². The SMILES string of the molecule is COc1cccc(F)c1CN1CC(Br)CC1=O. The van der Waals surface area contributed by atoms with Crippen LogP contribution in [0.25, 0.3) is 0 Å². The lowest BCUT2D eigenvalue weighted by Gasteiger charge is -2.18. The fourth-order valence-electron chi connectivity index (χ4n) is 1.95. The molecule has 1 saturated heterocycles. The Labute approximate surface area is 108 Å². The maximum atomic E-state index is 13.7. The van der Waals surface area contributed by atoms with Crippen molar-refractivity contribution in [2.75, 3.05) is 13.7 Å². The first-order valence-electron chi connectivity index (χ1n) is 5.35. The zero-order chi connectivity index (χ0) is 12.4. The van der Waals surface area contributed by atoms with Crippen molar-refractivity contribution in [2.45, 2.75) is 17.8 Å². The number of halogens is 2. The molecule has 0 radical (unpaired) electrons. The summed E-state index contributed by atoms with van der Waals surface area (Å²) in [4.78, 5) is 13.4. The van der Waals surface area contributed by atoms with Gasteiger partial charge in [0.1, 0.15) is 11.6 Å². The summed E-state index contributed by atoms with van der Waals surface area (Å²) in [7, 11) is 1.50. The molecule has 5 heteroatoms. The molecule has 0 bridgehead atoms. The maximum absolute atomic E-state index is 13.7. The number of likely N-dealkylation sites (tertiary alicyclic amines) is 1. The van der Waals surface area contributed by atoms with Crippen LogP contribution in [-0.4, -0.2) is 29.3 Å². The number of hydrogen-bond donors (Lipinski definition) is 0. The van der Waals surface area contributed by atoms with Crippen LogP contribution in [0.3, 0.4) is 0 Å². The third kappa shape index (κ3) is 2.60. The van der Waals surface area contributed by atoms with Gasteiger partial charge in [-0.3, -0.25) is 4.79 Å². The molecule has 17 heavy (non-hydrogen) atoms. The number of hydrogen-bond acceptors (Lipinski definition) is 2. The molecule has 1 fully saturated rings. The minimum atomic E-state index is -0.338. The van der Waals surface area contributed by atoms with E-state index in [4.69, 9.17) is 4.74 Å². The highest BCUT2D eigenvalue weighted by Gasteiger charge is 2.28. The van der Waals surface area contributed by atoms with Gasteiger partial charge in [0.15, 0.2) is 0 Å². The van der Waals surface area contributed by atoms with E-state index in [1.807, 2.05) is 0 Å². The minimum absolute atomic E-state index is 0.0391. The van der Waals surface area contributed by atoms with Crippen molar-refractivity contribution in [3.8, 4) is 5.75 Å². The quantitative estimate of drug-likeness (QED) is 0.802. The van der Waals surface area contributed by atoms with Gasteiger partial charge in [0.2, 0.25) is 5.91 Å². The van der Waals surface area contributed by atoms with E-state index in [1.165, 1.54) is 13.2 Å². The Balaban J connectivity index is 2.21. The molecule has 1 atom stereocenters. The summed E-state index contributed by atoms with van der Waals surface area (Å²) in [5.74, 6) is 0.183. The predicted molar refractivity (Wildman–Crippen MR) is 65.7 cm³/mol. The van der Waals surface area contributed by atoms with Crippen molar-refractivity contribution in [3.63, 3.8) is 0 Å². The van der Waals surface area contributed by atoms with Gasteiger partial charge < -0.3 is 9.64 Å². The number of benzene rings is 1. The first-order chi connectivity index (χ1) is 8.11. The van der Waals surface area contributed by atoms with Crippen molar-refractivity contribution in [3.05, 3.63) is 29.6 Å².